The van der Waals surface area contributed by atoms with Gasteiger partial charge < -0.3 is 9.47 Å². The van der Waals surface area contributed by atoms with E-state index in [2.05, 4.69) is 288 Å². The van der Waals surface area contributed by atoms with E-state index < -0.39 is 0 Å². The van der Waals surface area contributed by atoms with E-state index in [1.807, 2.05) is 0 Å². The Bertz CT molecular complexity index is 4110. The van der Waals surface area contributed by atoms with Crippen LogP contribution in [-0.4, -0.2) is 11.2 Å². The van der Waals surface area contributed by atoms with Crippen molar-refractivity contribution in [3.8, 4) is 89.4 Å². The fourth-order valence-corrected chi connectivity index (χ4v) is 13.7. The topological polar surface area (TPSA) is 18.5 Å². The van der Waals surface area contributed by atoms with Crippen molar-refractivity contribution >= 4 is 43.1 Å². The third kappa shape index (κ3) is 7.97. The zero-order valence-electron chi connectivity index (χ0n) is 47.6. The number of rotatable bonds is 7. The van der Waals surface area contributed by atoms with Gasteiger partial charge in [-0.15, -0.1) is 0 Å². The molecule has 12 aromatic rings. The largest absolute Gasteiger partial charge is 0.488 e. The van der Waals surface area contributed by atoms with Crippen LogP contribution in [0.4, 0.5) is 0 Å². The smallest absolute Gasteiger partial charge is 0.120 e. The molecule has 2 heteroatoms. The highest BCUT2D eigenvalue weighted by Gasteiger charge is 2.38. The Morgan fingerprint density at radius 1 is 0.250 bits per heavy atom. The number of hydrogen-bond donors (Lipinski definition) is 0. The summed E-state index contributed by atoms with van der Waals surface area (Å²) < 4.78 is 12.5. The first-order chi connectivity index (χ1) is 38.4. The summed E-state index contributed by atoms with van der Waals surface area (Å²) in [5.41, 5.74) is 22.2. The molecule has 0 atom stereocenters. The van der Waals surface area contributed by atoms with Crippen LogP contribution in [0.5, 0.6) is 11.5 Å². The number of hydrogen-bond acceptors (Lipinski definition) is 2. The van der Waals surface area contributed by atoms with Crippen molar-refractivity contribution in [1.29, 1.82) is 0 Å². The standard InChI is InChI=1S/C78H66O2/c1-75(2,3)79-53-35-27-47(28-36-53)71-59-19-11-15-23-63(59)73(64-24-16-12-20-60(64)71)51-33-41-57-55-39-31-49(43-67(55)77(7,8)69(57)45-51)50-32-40-56-58-42-34-52(46-70(58)78(9,10)68(56)44-50)74-65-25-17-13-21-61(65)72(62-22-14-18-26-66(62)74)48-29-37-54(38-30-48)80-76(4,5)6/h11-46H,1-10H3. The van der Waals surface area contributed by atoms with Gasteiger partial charge >= 0.3 is 0 Å². The Hall–Kier alpha value is -8.72. The molecule has 0 heterocycles. The first kappa shape index (κ1) is 49.6. The minimum atomic E-state index is -0.265. The van der Waals surface area contributed by atoms with Gasteiger partial charge in [0.05, 0.1) is 0 Å². The van der Waals surface area contributed by atoms with E-state index in [0.29, 0.717) is 0 Å². The maximum absolute atomic E-state index is 6.24. The van der Waals surface area contributed by atoms with Crippen LogP contribution in [-0.2, 0) is 10.8 Å². The number of ether oxygens (including phenoxy) is 2. The highest BCUT2D eigenvalue weighted by Crippen LogP contribution is 2.55. The first-order valence-corrected chi connectivity index (χ1v) is 28.5. The predicted octanol–water partition coefficient (Wildman–Crippen LogP) is 21.6. The van der Waals surface area contributed by atoms with Crippen LogP contribution < -0.4 is 9.47 Å². The predicted molar refractivity (Wildman–Crippen MR) is 340 cm³/mol. The number of benzene rings is 12. The summed E-state index contributed by atoms with van der Waals surface area (Å²) in [4.78, 5) is 0. The molecule has 0 radical (unpaired) electrons. The lowest BCUT2D eigenvalue weighted by atomic mass is 9.79. The van der Waals surface area contributed by atoms with Crippen LogP contribution >= 0.6 is 0 Å². The SMILES string of the molecule is CC(C)(C)Oc1ccc(-c2c3ccccc3c(-c3ccc4c(c3)C(C)(C)c3cc(-c5ccc6c(c5)C(C)(C)c5cc(-c7c8ccccc8c(-c8ccc(OC(C)(C)C)cc8)c8ccccc78)ccc5-6)ccc3-4)c3ccccc23)cc1. The van der Waals surface area contributed by atoms with Gasteiger partial charge in [-0.1, -0.05) is 198 Å². The van der Waals surface area contributed by atoms with Gasteiger partial charge in [0.2, 0.25) is 0 Å². The summed E-state index contributed by atoms with van der Waals surface area (Å²) in [5.74, 6) is 1.76. The molecule has 0 N–H and O–H groups in total. The molecule has 2 aliphatic rings. The molecule has 12 aromatic carbocycles. The Balaban J connectivity index is 0.807. The maximum Gasteiger partial charge on any atom is 0.120 e. The molecule has 0 saturated heterocycles. The van der Waals surface area contributed by atoms with Crippen molar-refractivity contribution in [2.45, 2.75) is 91.3 Å². The van der Waals surface area contributed by atoms with Gasteiger partial charge in [0, 0.05) is 10.8 Å². The third-order valence-corrected chi connectivity index (χ3v) is 17.3. The normalized spacial score (nSPS) is 14.1. The summed E-state index contributed by atoms with van der Waals surface area (Å²) in [6.07, 6.45) is 0. The summed E-state index contributed by atoms with van der Waals surface area (Å²) in [6, 6.07) is 82.0. The van der Waals surface area contributed by atoms with Crippen molar-refractivity contribution in [2.75, 3.05) is 0 Å². The molecule has 2 nitrogen and oxygen atoms in total. The van der Waals surface area contributed by atoms with E-state index in [-0.39, 0.29) is 22.0 Å². The molecule has 0 fully saturated rings. The van der Waals surface area contributed by atoms with Crippen molar-refractivity contribution in [1.82, 2.24) is 0 Å². The molecular weight excluding hydrogens is 969 g/mol. The van der Waals surface area contributed by atoms with E-state index in [9.17, 15) is 0 Å². The van der Waals surface area contributed by atoms with Crippen molar-refractivity contribution in [3.05, 3.63) is 241 Å². The second kappa shape index (κ2) is 17.9. The lowest BCUT2D eigenvalue weighted by molar-refractivity contribution is 0.130. The molecule has 0 amide bonds. The molecule has 0 unspecified atom stereocenters. The zero-order valence-corrected chi connectivity index (χ0v) is 47.6. The van der Waals surface area contributed by atoms with Crippen LogP contribution in [0.2, 0.25) is 0 Å². The van der Waals surface area contributed by atoms with Crippen LogP contribution in [0.25, 0.3) is 121 Å². The quantitative estimate of drug-likeness (QED) is 0.148. The molecule has 80 heavy (non-hydrogen) atoms. The summed E-state index contributed by atoms with van der Waals surface area (Å²) in [7, 11) is 0. The average molecular weight is 1040 g/mol. The van der Waals surface area contributed by atoms with Gasteiger partial charge in [-0.05, 0) is 233 Å². The summed E-state index contributed by atoms with van der Waals surface area (Å²) in [5, 5.41) is 10.0. The minimum absolute atomic E-state index is 0.222. The molecule has 14 rings (SSSR count). The van der Waals surface area contributed by atoms with Crippen molar-refractivity contribution in [2.24, 2.45) is 0 Å². The monoisotopic (exact) mass is 1030 g/mol. The molecule has 390 valence electrons. The van der Waals surface area contributed by atoms with Crippen molar-refractivity contribution in [3.63, 3.8) is 0 Å². The van der Waals surface area contributed by atoms with Gasteiger partial charge in [0.1, 0.15) is 22.7 Å². The van der Waals surface area contributed by atoms with E-state index >= 15 is 0 Å². The Morgan fingerprint density at radius 3 is 0.713 bits per heavy atom. The van der Waals surface area contributed by atoms with Crippen LogP contribution in [0.1, 0.15) is 91.5 Å². The first-order valence-electron chi connectivity index (χ1n) is 28.5. The lowest BCUT2D eigenvalue weighted by Gasteiger charge is -2.24. The number of fused-ring (bicyclic) bond motifs is 10. The lowest BCUT2D eigenvalue weighted by Crippen LogP contribution is -2.22. The van der Waals surface area contributed by atoms with E-state index in [1.165, 1.54) is 143 Å². The summed E-state index contributed by atoms with van der Waals surface area (Å²) in [6.45, 7) is 22.2. The molecule has 0 aromatic heterocycles. The average Bonchev–Trinajstić information content (AvgIpc) is 4.04. The molecule has 0 spiro atoms. The van der Waals surface area contributed by atoms with Crippen LogP contribution in [0.15, 0.2) is 218 Å². The van der Waals surface area contributed by atoms with Gasteiger partial charge in [-0.25, -0.2) is 0 Å². The third-order valence-electron chi connectivity index (χ3n) is 17.3. The van der Waals surface area contributed by atoms with Crippen LogP contribution in [0.3, 0.4) is 0 Å². The molecule has 0 bridgehead atoms. The molecule has 0 saturated carbocycles. The fourth-order valence-electron chi connectivity index (χ4n) is 13.7. The highest BCUT2D eigenvalue weighted by molar-refractivity contribution is 6.23. The zero-order chi connectivity index (χ0) is 55.0. The Labute approximate surface area is 471 Å². The van der Waals surface area contributed by atoms with Gasteiger partial charge in [-0.2, -0.15) is 0 Å². The minimum Gasteiger partial charge on any atom is -0.488 e. The van der Waals surface area contributed by atoms with E-state index in [4.69, 9.17) is 9.47 Å². The van der Waals surface area contributed by atoms with E-state index in [0.717, 1.165) is 11.5 Å². The second-order valence-corrected chi connectivity index (χ2v) is 25.5. The Kier molecular flexibility index (Phi) is 11.1. The van der Waals surface area contributed by atoms with E-state index in [1.54, 1.807) is 0 Å². The summed E-state index contributed by atoms with van der Waals surface area (Å²) >= 11 is 0. The van der Waals surface area contributed by atoms with Gasteiger partial charge in [0.15, 0.2) is 0 Å². The Morgan fingerprint density at radius 2 is 0.463 bits per heavy atom. The molecule has 2 aliphatic carbocycles. The second-order valence-electron chi connectivity index (χ2n) is 25.5. The fraction of sp³-hybridized carbons (Fsp3) is 0.179. The highest BCUT2D eigenvalue weighted by atomic mass is 16.5. The van der Waals surface area contributed by atoms with Crippen LogP contribution in [0, 0.1) is 0 Å². The van der Waals surface area contributed by atoms with Gasteiger partial charge in [-0.3, -0.25) is 0 Å². The molecule has 0 aliphatic heterocycles. The molecular formula is C78H66O2. The van der Waals surface area contributed by atoms with Crippen molar-refractivity contribution < 1.29 is 9.47 Å². The maximum atomic E-state index is 6.24. The van der Waals surface area contributed by atoms with Gasteiger partial charge in [0.25, 0.3) is 0 Å².